The summed E-state index contributed by atoms with van der Waals surface area (Å²) in [6.07, 6.45) is -4.66. The highest BCUT2D eigenvalue weighted by Gasteiger charge is 2.36. The summed E-state index contributed by atoms with van der Waals surface area (Å²) in [4.78, 5) is 15.2. The van der Waals surface area contributed by atoms with E-state index in [4.69, 9.17) is 0 Å². The Morgan fingerprint density at radius 1 is 1.22 bits per heavy atom. The molecule has 0 fully saturated rings. The van der Waals surface area contributed by atoms with Gasteiger partial charge in [-0.25, -0.2) is 0 Å². The summed E-state index contributed by atoms with van der Waals surface area (Å²) in [7, 11) is 0. The molecule has 18 heavy (non-hydrogen) atoms. The molecule has 92 valence electrons. The Kier molecular flexibility index (Phi) is 2.18. The normalized spacial score (nSPS) is 12.4. The van der Waals surface area contributed by atoms with Crippen molar-refractivity contribution in [1.82, 2.24) is 14.6 Å². The zero-order valence-electron chi connectivity index (χ0n) is 8.60. The summed E-state index contributed by atoms with van der Waals surface area (Å²) >= 11 is 0.992. The van der Waals surface area contributed by atoms with Crippen molar-refractivity contribution >= 4 is 26.4 Å². The van der Waals surface area contributed by atoms with Crippen LogP contribution >= 0.6 is 11.3 Å². The highest BCUT2D eigenvalue weighted by Crippen LogP contribution is 2.27. The van der Waals surface area contributed by atoms with E-state index in [2.05, 4.69) is 10.1 Å². The molecule has 0 amide bonds. The van der Waals surface area contributed by atoms with Gasteiger partial charge in [0.15, 0.2) is 0 Å². The first-order valence-corrected chi connectivity index (χ1v) is 5.64. The van der Waals surface area contributed by atoms with Crippen molar-refractivity contribution in [2.75, 3.05) is 0 Å². The molecule has 1 aromatic carbocycles. The van der Waals surface area contributed by atoms with Gasteiger partial charge in [0, 0.05) is 4.70 Å². The van der Waals surface area contributed by atoms with Crippen molar-refractivity contribution in [1.29, 1.82) is 0 Å². The van der Waals surface area contributed by atoms with Crippen LogP contribution in [0.1, 0.15) is 5.82 Å². The van der Waals surface area contributed by atoms with Gasteiger partial charge in [0.1, 0.15) is 0 Å². The highest BCUT2D eigenvalue weighted by atomic mass is 32.1. The van der Waals surface area contributed by atoms with Crippen LogP contribution in [0.4, 0.5) is 13.2 Å². The Morgan fingerprint density at radius 3 is 2.67 bits per heavy atom. The molecule has 0 saturated carbocycles. The molecule has 3 aromatic rings. The standard InChI is InChI=1S/C10H4F3N3OS/c11-10(12,13)8-14-9-16(15-8)7(17)5-3-1-2-4-6(5)18-9/h1-4H. The minimum atomic E-state index is -4.66. The molecular formula is C10H4F3N3OS. The van der Waals surface area contributed by atoms with Crippen molar-refractivity contribution in [3.63, 3.8) is 0 Å². The second-order valence-electron chi connectivity index (χ2n) is 3.53. The van der Waals surface area contributed by atoms with Gasteiger partial charge in [0.2, 0.25) is 4.96 Å². The zero-order valence-corrected chi connectivity index (χ0v) is 9.42. The van der Waals surface area contributed by atoms with E-state index in [0.717, 1.165) is 11.3 Å². The number of halogens is 3. The molecule has 0 radical (unpaired) electrons. The maximum atomic E-state index is 12.5. The van der Waals surface area contributed by atoms with E-state index in [1.807, 2.05) is 0 Å². The van der Waals surface area contributed by atoms with Crippen LogP contribution < -0.4 is 5.56 Å². The van der Waals surface area contributed by atoms with Crippen LogP contribution in [-0.2, 0) is 6.18 Å². The van der Waals surface area contributed by atoms with Gasteiger partial charge in [-0.15, -0.1) is 5.10 Å². The van der Waals surface area contributed by atoms with Gasteiger partial charge in [-0.3, -0.25) is 4.79 Å². The summed E-state index contributed by atoms with van der Waals surface area (Å²) in [6, 6.07) is 6.55. The summed E-state index contributed by atoms with van der Waals surface area (Å²) < 4.78 is 38.7. The van der Waals surface area contributed by atoms with Gasteiger partial charge in [-0.2, -0.15) is 22.7 Å². The zero-order chi connectivity index (χ0) is 12.9. The van der Waals surface area contributed by atoms with E-state index in [0.29, 0.717) is 14.6 Å². The lowest BCUT2D eigenvalue weighted by molar-refractivity contribution is -0.144. The van der Waals surface area contributed by atoms with Crippen LogP contribution in [0, 0.1) is 0 Å². The smallest absolute Gasteiger partial charge is 0.267 e. The molecule has 0 bridgehead atoms. The first-order chi connectivity index (χ1) is 8.47. The lowest BCUT2D eigenvalue weighted by Gasteiger charge is -1.96. The lowest BCUT2D eigenvalue weighted by atomic mass is 10.3. The molecule has 4 nitrogen and oxygen atoms in total. The maximum absolute atomic E-state index is 12.5. The van der Waals surface area contributed by atoms with Gasteiger partial charge < -0.3 is 0 Å². The third kappa shape index (κ3) is 1.57. The average molecular weight is 271 g/mol. The van der Waals surface area contributed by atoms with E-state index in [9.17, 15) is 18.0 Å². The Hall–Kier alpha value is -1.96. The fourth-order valence-corrected chi connectivity index (χ4v) is 2.51. The van der Waals surface area contributed by atoms with Crippen LogP contribution in [0.25, 0.3) is 15.0 Å². The number of benzene rings is 1. The summed E-state index contributed by atoms with van der Waals surface area (Å²) in [5.41, 5.74) is -0.595. The first-order valence-electron chi connectivity index (χ1n) is 4.82. The third-order valence-corrected chi connectivity index (χ3v) is 3.36. The molecule has 8 heteroatoms. The Labute approximate surface area is 101 Å². The fourth-order valence-electron chi connectivity index (χ4n) is 1.56. The van der Waals surface area contributed by atoms with E-state index in [-0.39, 0.29) is 4.96 Å². The predicted octanol–water partition coefficient (Wildman–Crippen LogP) is 2.32. The monoisotopic (exact) mass is 271 g/mol. The summed E-state index contributed by atoms with van der Waals surface area (Å²) in [5, 5.41) is 3.54. The molecule has 0 aliphatic rings. The third-order valence-electron chi connectivity index (χ3n) is 2.34. The van der Waals surface area contributed by atoms with Crippen LogP contribution in [0.2, 0.25) is 0 Å². The molecular weight excluding hydrogens is 267 g/mol. The predicted molar refractivity (Wildman–Crippen MR) is 59.6 cm³/mol. The highest BCUT2D eigenvalue weighted by molar-refractivity contribution is 7.23. The van der Waals surface area contributed by atoms with Crippen LogP contribution in [0.3, 0.4) is 0 Å². The second kappa shape index (κ2) is 3.52. The maximum Gasteiger partial charge on any atom is 0.453 e. The van der Waals surface area contributed by atoms with Crippen molar-refractivity contribution in [2.24, 2.45) is 0 Å². The molecule has 0 N–H and O–H groups in total. The number of hydrogen-bond acceptors (Lipinski definition) is 4. The SMILES string of the molecule is O=c1c2ccccc2sc2nc(C(F)(F)F)nn12. The second-order valence-corrected chi connectivity index (χ2v) is 4.54. The number of alkyl halides is 3. The van der Waals surface area contributed by atoms with Gasteiger partial charge in [-0.05, 0) is 12.1 Å². The largest absolute Gasteiger partial charge is 0.453 e. The summed E-state index contributed by atoms with van der Waals surface area (Å²) in [6.45, 7) is 0. The van der Waals surface area contributed by atoms with Crippen molar-refractivity contribution in [3.8, 4) is 0 Å². The van der Waals surface area contributed by atoms with Gasteiger partial charge in [0.25, 0.3) is 11.4 Å². The molecule has 0 saturated heterocycles. The molecule has 0 aliphatic carbocycles. The van der Waals surface area contributed by atoms with Crippen LogP contribution in [-0.4, -0.2) is 14.6 Å². The Morgan fingerprint density at radius 2 is 1.94 bits per heavy atom. The van der Waals surface area contributed by atoms with Gasteiger partial charge >= 0.3 is 6.18 Å². The molecule has 2 aromatic heterocycles. The van der Waals surface area contributed by atoms with Crippen molar-refractivity contribution in [2.45, 2.75) is 6.18 Å². The molecule has 0 unspecified atom stereocenters. The number of nitrogens with zero attached hydrogens (tertiary/aromatic N) is 3. The van der Waals surface area contributed by atoms with E-state index in [1.165, 1.54) is 0 Å². The Bertz CT molecular complexity index is 805. The Balaban J connectivity index is 2.44. The van der Waals surface area contributed by atoms with Crippen molar-refractivity contribution < 1.29 is 13.2 Å². The first kappa shape index (κ1) is 11.1. The fraction of sp³-hybridized carbons (Fsp3) is 0.100. The van der Waals surface area contributed by atoms with Crippen molar-refractivity contribution in [3.05, 3.63) is 40.4 Å². The van der Waals surface area contributed by atoms with Crippen LogP contribution in [0.5, 0.6) is 0 Å². The lowest BCUT2D eigenvalue weighted by Crippen LogP contribution is -2.14. The molecule has 0 atom stereocenters. The molecule has 3 rings (SSSR count). The van der Waals surface area contributed by atoms with Gasteiger partial charge in [0.05, 0.1) is 5.39 Å². The van der Waals surface area contributed by atoms with Gasteiger partial charge in [-0.1, -0.05) is 23.5 Å². The van der Waals surface area contributed by atoms with E-state index >= 15 is 0 Å². The summed E-state index contributed by atoms with van der Waals surface area (Å²) in [5.74, 6) is -1.30. The van der Waals surface area contributed by atoms with Crippen LogP contribution in [0.15, 0.2) is 29.1 Å². The topological polar surface area (TPSA) is 47.3 Å². The molecule has 0 aliphatic heterocycles. The molecule has 0 spiro atoms. The average Bonchev–Trinajstić information content (AvgIpc) is 2.73. The molecule has 2 heterocycles. The minimum Gasteiger partial charge on any atom is -0.267 e. The number of hydrogen-bond donors (Lipinski definition) is 0. The number of fused-ring (bicyclic) bond motifs is 2. The van der Waals surface area contributed by atoms with E-state index < -0.39 is 17.6 Å². The number of aromatic nitrogens is 3. The minimum absolute atomic E-state index is 0.0639. The number of rotatable bonds is 0. The quantitative estimate of drug-likeness (QED) is 0.630. The van der Waals surface area contributed by atoms with E-state index in [1.54, 1.807) is 24.3 Å².